The summed E-state index contributed by atoms with van der Waals surface area (Å²) in [6.07, 6.45) is 18.6. The lowest BCUT2D eigenvalue weighted by Crippen LogP contribution is -2.35. The molecule has 0 radical (unpaired) electrons. The highest BCUT2D eigenvalue weighted by Crippen LogP contribution is 2.26. The molecular weight excluding hydrogens is 270 g/mol. The zero-order valence-electron chi connectivity index (χ0n) is 15.3. The van der Waals surface area contributed by atoms with E-state index in [0.717, 1.165) is 5.82 Å². The summed E-state index contributed by atoms with van der Waals surface area (Å²) in [7, 11) is 2.03. The molecule has 0 spiro atoms. The number of nitrogens with zero attached hydrogens (tertiary/aromatic N) is 2. The fourth-order valence-electron chi connectivity index (χ4n) is 3.10. The summed E-state index contributed by atoms with van der Waals surface area (Å²) in [6.45, 7) is 6.94. The Hall–Kier alpha value is -0.990. The van der Waals surface area contributed by atoms with Crippen LogP contribution in [0, 0.1) is 0 Å². The monoisotopic (exact) mass is 307 g/mol. The van der Waals surface area contributed by atoms with E-state index in [2.05, 4.69) is 37.3 Å². The van der Waals surface area contributed by atoms with E-state index in [1.165, 1.54) is 70.6 Å². The van der Waals surface area contributed by atoms with Gasteiger partial charge in [0.05, 0.1) is 6.33 Å². The zero-order valence-corrected chi connectivity index (χ0v) is 15.3. The first-order valence-corrected chi connectivity index (χ1v) is 9.36. The smallest absolute Gasteiger partial charge is 0.144 e. The van der Waals surface area contributed by atoms with E-state index in [1.54, 1.807) is 0 Å². The molecule has 0 saturated heterocycles. The maximum Gasteiger partial charge on any atom is 0.144 e. The molecule has 0 amide bonds. The minimum absolute atomic E-state index is 0.189. The Labute approximate surface area is 137 Å². The van der Waals surface area contributed by atoms with Crippen molar-refractivity contribution in [2.24, 2.45) is 7.05 Å². The highest BCUT2D eigenvalue weighted by Gasteiger charge is 2.23. The second-order valence-corrected chi connectivity index (χ2v) is 7.08. The third-order valence-electron chi connectivity index (χ3n) is 4.55. The number of nitrogens with one attached hydrogen (secondary N) is 1. The van der Waals surface area contributed by atoms with Crippen LogP contribution in [0.25, 0.3) is 0 Å². The van der Waals surface area contributed by atoms with Crippen LogP contribution in [0.5, 0.6) is 0 Å². The summed E-state index contributed by atoms with van der Waals surface area (Å²) in [5.41, 5.74) is 0.189. The quantitative estimate of drug-likeness (QED) is 0.458. The Balaban J connectivity index is 2.46. The average molecular weight is 308 g/mol. The summed E-state index contributed by atoms with van der Waals surface area (Å²) in [5.74, 6) is 1.02. The number of imidazole rings is 1. The Morgan fingerprint density at radius 3 is 2.00 bits per heavy atom. The number of rotatable bonds is 13. The van der Waals surface area contributed by atoms with Crippen LogP contribution in [-0.2, 0) is 7.05 Å². The maximum atomic E-state index is 4.45. The first kappa shape index (κ1) is 19.1. The summed E-state index contributed by atoms with van der Waals surface area (Å²) in [5, 5.41) is 3.71. The van der Waals surface area contributed by atoms with Crippen LogP contribution in [-0.4, -0.2) is 15.1 Å². The summed E-state index contributed by atoms with van der Waals surface area (Å²) >= 11 is 0. The molecule has 22 heavy (non-hydrogen) atoms. The average Bonchev–Trinajstić information content (AvgIpc) is 2.88. The van der Waals surface area contributed by atoms with Crippen molar-refractivity contribution in [3.8, 4) is 0 Å². The second kappa shape index (κ2) is 10.7. The van der Waals surface area contributed by atoms with E-state index in [1.807, 2.05) is 17.9 Å². The SMILES string of the molecule is CCCCCCCC(C)(CCCCCC)Nc1cn(C)cn1. The summed E-state index contributed by atoms with van der Waals surface area (Å²) in [6, 6.07) is 0. The lowest BCUT2D eigenvalue weighted by molar-refractivity contribution is 0.393. The van der Waals surface area contributed by atoms with Gasteiger partial charge in [-0.15, -0.1) is 0 Å². The molecule has 1 heterocycles. The molecule has 1 N–H and O–H groups in total. The van der Waals surface area contributed by atoms with Gasteiger partial charge in [-0.1, -0.05) is 71.6 Å². The molecule has 1 aromatic heterocycles. The molecule has 3 nitrogen and oxygen atoms in total. The Morgan fingerprint density at radius 2 is 1.50 bits per heavy atom. The van der Waals surface area contributed by atoms with Gasteiger partial charge in [0.2, 0.25) is 0 Å². The van der Waals surface area contributed by atoms with Gasteiger partial charge in [0, 0.05) is 18.8 Å². The van der Waals surface area contributed by atoms with Crippen molar-refractivity contribution in [1.82, 2.24) is 9.55 Å². The lowest BCUT2D eigenvalue weighted by atomic mass is 9.88. The molecular formula is C19H37N3. The van der Waals surface area contributed by atoms with Gasteiger partial charge >= 0.3 is 0 Å². The first-order valence-electron chi connectivity index (χ1n) is 9.36. The van der Waals surface area contributed by atoms with E-state index < -0.39 is 0 Å². The molecule has 1 atom stereocenters. The van der Waals surface area contributed by atoms with Gasteiger partial charge in [-0.3, -0.25) is 0 Å². The topological polar surface area (TPSA) is 29.9 Å². The van der Waals surface area contributed by atoms with Gasteiger partial charge < -0.3 is 9.88 Å². The van der Waals surface area contributed by atoms with Crippen LogP contribution >= 0.6 is 0 Å². The van der Waals surface area contributed by atoms with Crippen molar-refractivity contribution in [2.75, 3.05) is 5.32 Å². The van der Waals surface area contributed by atoms with Crippen molar-refractivity contribution in [1.29, 1.82) is 0 Å². The largest absolute Gasteiger partial charge is 0.364 e. The highest BCUT2D eigenvalue weighted by atomic mass is 15.1. The molecule has 0 bridgehead atoms. The molecule has 1 unspecified atom stereocenters. The van der Waals surface area contributed by atoms with Crippen LogP contribution in [0.4, 0.5) is 5.82 Å². The molecule has 3 heteroatoms. The van der Waals surface area contributed by atoms with Crippen molar-refractivity contribution in [2.45, 2.75) is 96.9 Å². The van der Waals surface area contributed by atoms with E-state index in [9.17, 15) is 0 Å². The molecule has 1 aromatic rings. The number of anilines is 1. The lowest BCUT2D eigenvalue weighted by Gasteiger charge is -2.31. The molecule has 0 fully saturated rings. The van der Waals surface area contributed by atoms with Gasteiger partial charge in [-0.2, -0.15) is 0 Å². The molecule has 0 aliphatic carbocycles. The van der Waals surface area contributed by atoms with Gasteiger partial charge in [0.15, 0.2) is 0 Å². The second-order valence-electron chi connectivity index (χ2n) is 7.08. The number of aryl methyl sites for hydroxylation is 1. The van der Waals surface area contributed by atoms with E-state index >= 15 is 0 Å². The van der Waals surface area contributed by atoms with Crippen LogP contribution in [0.15, 0.2) is 12.5 Å². The van der Waals surface area contributed by atoms with Gasteiger partial charge in [-0.05, 0) is 19.8 Å². The third kappa shape index (κ3) is 7.86. The Kier molecular flexibility index (Phi) is 9.26. The van der Waals surface area contributed by atoms with E-state index in [0.29, 0.717) is 0 Å². The molecule has 128 valence electrons. The molecule has 0 aromatic carbocycles. The van der Waals surface area contributed by atoms with E-state index in [4.69, 9.17) is 0 Å². The van der Waals surface area contributed by atoms with Crippen LogP contribution in [0.3, 0.4) is 0 Å². The fourth-order valence-corrected chi connectivity index (χ4v) is 3.10. The molecule has 1 rings (SSSR count). The third-order valence-corrected chi connectivity index (χ3v) is 4.55. The zero-order chi connectivity index (χ0) is 16.3. The molecule has 0 aliphatic rings. The van der Waals surface area contributed by atoms with Crippen LogP contribution in [0.1, 0.15) is 91.4 Å². The summed E-state index contributed by atoms with van der Waals surface area (Å²) < 4.78 is 2.01. The molecule has 0 aliphatic heterocycles. The molecule has 0 saturated carbocycles. The van der Waals surface area contributed by atoms with Crippen molar-refractivity contribution >= 4 is 5.82 Å². The van der Waals surface area contributed by atoms with Crippen LogP contribution < -0.4 is 5.32 Å². The number of aromatic nitrogens is 2. The van der Waals surface area contributed by atoms with Gasteiger partial charge in [-0.25, -0.2) is 4.98 Å². The highest BCUT2D eigenvalue weighted by molar-refractivity contribution is 5.34. The normalized spacial score (nSPS) is 14.0. The minimum atomic E-state index is 0.189. The predicted molar refractivity (Wildman–Crippen MR) is 97.4 cm³/mol. The van der Waals surface area contributed by atoms with Crippen LogP contribution in [0.2, 0.25) is 0 Å². The number of hydrogen-bond donors (Lipinski definition) is 1. The number of unbranched alkanes of at least 4 members (excludes halogenated alkanes) is 7. The van der Waals surface area contributed by atoms with Gasteiger partial charge in [0.1, 0.15) is 5.82 Å². The Bertz CT molecular complexity index is 386. The fraction of sp³-hybridized carbons (Fsp3) is 0.842. The minimum Gasteiger partial charge on any atom is -0.364 e. The summed E-state index contributed by atoms with van der Waals surface area (Å²) in [4.78, 5) is 4.45. The first-order chi connectivity index (χ1) is 10.6. The Morgan fingerprint density at radius 1 is 0.955 bits per heavy atom. The maximum absolute atomic E-state index is 4.45. The van der Waals surface area contributed by atoms with E-state index in [-0.39, 0.29) is 5.54 Å². The van der Waals surface area contributed by atoms with Crippen molar-refractivity contribution < 1.29 is 0 Å². The van der Waals surface area contributed by atoms with Crippen molar-refractivity contribution in [3.63, 3.8) is 0 Å². The standard InChI is InChI=1S/C19H37N3/c1-5-7-9-11-13-15-19(3,14-12-10-8-6-2)21-18-16-22(4)17-20-18/h16-17,21H,5-15H2,1-4H3. The van der Waals surface area contributed by atoms with Crippen molar-refractivity contribution in [3.05, 3.63) is 12.5 Å². The number of hydrogen-bond acceptors (Lipinski definition) is 2. The van der Waals surface area contributed by atoms with Gasteiger partial charge in [0.25, 0.3) is 0 Å². The predicted octanol–water partition coefficient (Wildman–Crippen LogP) is 5.92.